The van der Waals surface area contributed by atoms with Gasteiger partial charge in [-0.1, -0.05) is 240 Å². The van der Waals surface area contributed by atoms with Crippen LogP contribution in [0.3, 0.4) is 0 Å². The summed E-state index contributed by atoms with van der Waals surface area (Å²) in [4.78, 5) is 37.8. The van der Waals surface area contributed by atoms with Gasteiger partial charge in [0, 0.05) is 19.3 Å². The molecule has 1 atom stereocenters. The molecule has 0 saturated carbocycles. The lowest BCUT2D eigenvalue weighted by Gasteiger charge is -2.18. The van der Waals surface area contributed by atoms with Crippen LogP contribution in [0.4, 0.5) is 0 Å². The molecular formula is C50H96O6. The van der Waals surface area contributed by atoms with Crippen molar-refractivity contribution in [1.29, 1.82) is 0 Å². The minimum atomic E-state index is -0.760. The predicted molar refractivity (Wildman–Crippen MR) is 238 cm³/mol. The Morgan fingerprint density at radius 1 is 0.339 bits per heavy atom. The van der Waals surface area contributed by atoms with E-state index in [0.29, 0.717) is 19.3 Å². The minimum absolute atomic E-state index is 0.0637. The van der Waals surface area contributed by atoms with Crippen LogP contribution in [-0.4, -0.2) is 37.2 Å². The van der Waals surface area contributed by atoms with Crippen LogP contribution in [0.5, 0.6) is 0 Å². The summed E-state index contributed by atoms with van der Waals surface area (Å²) in [5.41, 5.74) is 0. The lowest BCUT2D eigenvalue weighted by Crippen LogP contribution is -2.30. The molecule has 0 fully saturated rings. The Balaban J connectivity index is 4.22. The zero-order valence-electron chi connectivity index (χ0n) is 38.1. The quantitative estimate of drug-likeness (QED) is 0.0347. The Bertz CT molecular complexity index is 841. The molecular weight excluding hydrogens is 697 g/mol. The van der Waals surface area contributed by atoms with Crippen molar-refractivity contribution in [2.45, 2.75) is 284 Å². The van der Waals surface area contributed by atoms with Crippen molar-refractivity contribution in [1.82, 2.24) is 0 Å². The van der Waals surface area contributed by atoms with Crippen LogP contribution in [0.25, 0.3) is 0 Å². The van der Waals surface area contributed by atoms with Gasteiger partial charge >= 0.3 is 17.9 Å². The van der Waals surface area contributed by atoms with Crippen molar-refractivity contribution in [3.05, 3.63) is 0 Å². The van der Waals surface area contributed by atoms with Crippen molar-refractivity contribution < 1.29 is 28.6 Å². The molecule has 0 rings (SSSR count). The predicted octanol–water partition coefficient (Wildman–Crippen LogP) is 15.9. The highest BCUT2D eigenvalue weighted by Crippen LogP contribution is 2.17. The Labute approximate surface area is 348 Å². The van der Waals surface area contributed by atoms with E-state index in [1.807, 2.05) is 0 Å². The summed E-state index contributed by atoms with van der Waals surface area (Å²) in [5, 5.41) is 0. The Hall–Kier alpha value is -1.59. The van der Waals surface area contributed by atoms with Crippen molar-refractivity contribution in [2.24, 2.45) is 5.92 Å². The van der Waals surface area contributed by atoms with E-state index < -0.39 is 6.10 Å². The second-order valence-electron chi connectivity index (χ2n) is 17.6. The first-order valence-electron chi connectivity index (χ1n) is 24.9. The summed E-state index contributed by atoms with van der Waals surface area (Å²) in [5.74, 6) is -0.0711. The monoisotopic (exact) mass is 793 g/mol. The molecule has 0 unspecified atom stereocenters. The molecule has 6 nitrogen and oxygen atoms in total. The van der Waals surface area contributed by atoms with Gasteiger partial charge in [0.25, 0.3) is 0 Å². The van der Waals surface area contributed by atoms with Crippen LogP contribution in [0.15, 0.2) is 0 Å². The molecule has 0 amide bonds. The van der Waals surface area contributed by atoms with E-state index in [2.05, 4.69) is 27.7 Å². The van der Waals surface area contributed by atoms with Gasteiger partial charge in [-0.3, -0.25) is 14.4 Å². The van der Waals surface area contributed by atoms with Gasteiger partial charge in [-0.05, 0) is 25.2 Å². The van der Waals surface area contributed by atoms with Gasteiger partial charge in [0.05, 0.1) is 0 Å². The Kier molecular flexibility index (Phi) is 43.2. The van der Waals surface area contributed by atoms with Gasteiger partial charge in [0.2, 0.25) is 0 Å². The van der Waals surface area contributed by atoms with Crippen LogP contribution in [0.1, 0.15) is 278 Å². The van der Waals surface area contributed by atoms with E-state index in [4.69, 9.17) is 14.2 Å². The van der Waals surface area contributed by atoms with Crippen LogP contribution in [0, 0.1) is 5.92 Å². The van der Waals surface area contributed by atoms with Gasteiger partial charge in [0.1, 0.15) is 13.2 Å². The van der Waals surface area contributed by atoms with E-state index in [9.17, 15) is 14.4 Å². The molecule has 0 bridgehead atoms. The molecule has 0 aliphatic heterocycles. The maximum atomic E-state index is 12.7. The molecule has 0 radical (unpaired) electrons. The molecule has 0 aromatic carbocycles. The van der Waals surface area contributed by atoms with Gasteiger partial charge < -0.3 is 14.2 Å². The number of ether oxygens (including phenoxy) is 3. The fourth-order valence-electron chi connectivity index (χ4n) is 7.51. The lowest BCUT2D eigenvalue weighted by molar-refractivity contribution is -0.167. The topological polar surface area (TPSA) is 78.9 Å². The number of carbonyl (C=O) groups excluding carboxylic acids is 3. The van der Waals surface area contributed by atoms with E-state index >= 15 is 0 Å². The fourth-order valence-corrected chi connectivity index (χ4v) is 7.51. The molecule has 0 aliphatic carbocycles. The van der Waals surface area contributed by atoms with Crippen molar-refractivity contribution in [3.8, 4) is 0 Å². The minimum Gasteiger partial charge on any atom is -0.462 e. The maximum Gasteiger partial charge on any atom is 0.306 e. The number of carbonyl (C=O) groups is 3. The molecule has 0 aliphatic rings. The molecule has 0 N–H and O–H groups in total. The molecule has 6 heteroatoms. The largest absolute Gasteiger partial charge is 0.462 e. The third-order valence-electron chi connectivity index (χ3n) is 11.3. The van der Waals surface area contributed by atoms with E-state index in [0.717, 1.165) is 63.7 Å². The van der Waals surface area contributed by atoms with Gasteiger partial charge in [0.15, 0.2) is 6.10 Å². The number of unbranched alkanes of at least 4 members (excludes halogenated alkanes) is 32. The number of hydrogen-bond acceptors (Lipinski definition) is 6. The summed E-state index contributed by atoms with van der Waals surface area (Å²) < 4.78 is 16.7. The molecule has 0 heterocycles. The maximum absolute atomic E-state index is 12.7. The average molecular weight is 793 g/mol. The van der Waals surface area contributed by atoms with Crippen molar-refractivity contribution in [3.63, 3.8) is 0 Å². The van der Waals surface area contributed by atoms with E-state index in [1.54, 1.807) is 0 Å². The third kappa shape index (κ3) is 43.5. The van der Waals surface area contributed by atoms with Gasteiger partial charge in [-0.15, -0.1) is 0 Å². The highest BCUT2D eigenvalue weighted by molar-refractivity contribution is 5.71. The van der Waals surface area contributed by atoms with Crippen molar-refractivity contribution >= 4 is 17.9 Å². The zero-order valence-corrected chi connectivity index (χ0v) is 38.1. The molecule has 0 spiro atoms. The standard InChI is InChI=1S/C50H96O6/c1-5-7-9-11-13-15-17-18-19-20-21-22-23-24-26-29-33-37-41-48(51)54-44-47(56-50(53)43-39-35-30-25-16-14-12-10-8-6-2)45-55-49(52)42-38-34-31-27-28-32-36-40-46(3)4/h46-47H,5-45H2,1-4H3/t47-/m1/s1. The number of rotatable bonds is 45. The second-order valence-corrected chi connectivity index (χ2v) is 17.6. The van der Waals surface area contributed by atoms with Crippen LogP contribution in [-0.2, 0) is 28.6 Å². The molecule has 332 valence electrons. The first kappa shape index (κ1) is 54.4. The molecule has 56 heavy (non-hydrogen) atoms. The highest BCUT2D eigenvalue weighted by atomic mass is 16.6. The summed E-state index contributed by atoms with van der Waals surface area (Å²) >= 11 is 0. The Morgan fingerprint density at radius 3 is 0.875 bits per heavy atom. The van der Waals surface area contributed by atoms with E-state index in [-0.39, 0.29) is 31.1 Å². The fraction of sp³-hybridized carbons (Fsp3) is 0.940. The second kappa shape index (κ2) is 44.5. The third-order valence-corrected chi connectivity index (χ3v) is 11.3. The lowest BCUT2D eigenvalue weighted by atomic mass is 10.0. The normalized spacial score (nSPS) is 11.9. The van der Waals surface area contributed by atoms with Gasteiger partial charge in [-0.25, -0.2) is 0 Å². The van der Waals surface area contributed by atoms with Crippen LogP contribution >= 0.6 is 0 Å². The average Bonchev–Trinajstić information content (AvgIpc) is 3.18. The smallest absolute Gasteiger partial charge is 0.306 e. The Morgan fingerprint density at radius 2 is 0.589 bits per heavy atom. The zero-order chi connectivity index (χ0) is 41.0. The number of hydrogen-bond donors (Lipinski definition) is 0. The summed E-state index contributed by atoms with van der Waals surface area (Å²) in [6, 6.07) is 0. The van der Waals surface area contributed by atoms with Gasteiger partial charge in [-0.2, -0.15) is 0 Å². The molecule has 0 aromatic heterocycles. The summed E-state index contributed by atoms with van der Waals surface area (Å²) in [6.45, 7) is 8.96. The highest BCUT2D eigenvalue weighted by Gasteiger charge is 2.19. The summed E-state index contributed by atoms with van der Waals surface area (Å²) in [6.07, 6.45) is 45.3. The summed E-state index contributed by atoms with van der Waals surface area (Å²) in [7, 11) is 0. The number of esters is 3. The molecule has 0 saturated heterocycles. The first-order valence-corrected chi connectivity index (χ1v) is 24.9. The van der Waals surface area contributed by atoms with Crippen LogP contribution < -0.4 is 0 Å². The van der Waals surface area contributed by atoms with Crippen LogP contribution in [0.2, 0.25) is 0 Å². The van der Waals surface area contributed by atoms with Crippen molar-refractivity contribution in [2.75, 3.05) is 13.2 Å². The SMILES string of the molecule is CCCCCCCCCCCCCCCCCCCCC(=O)OC[C@H](COC(=O)CCCCCCCCCC(C)C)OC(=O)CCCCCCCCCCCC. The first-order chi connectivity index (χ1) is 27.4. The molecule has 0 aromatic rings. The van der Waals surface area contributed by atoms with E-state index in [1.165, 1.54) is 173 Å².